The highest BCUT2D eigenvalue weighted by Gasteiger charge is 2.21. The molecule has 10 nitrogen and oxygen atoms in total. The number of likely N-dealkylation sites (N-methyl/N-ethyl adjacent to an activating group) is 1. The van der Waals surface area contributed by atoms with Crippen LogP contribution in [0.25, 0.3) is 44.2 Å². The summed E-state index contributed by atoms with van der Waals surface area (Å²) in [6.45, 7) is 7.96. The first kappa shape index (κ1) is 46.9. The van der Waals surface area contributed by atoms with Gasteiger partial charge in [-0.15, -0.1) is 0 Å². The Hall–Kier alpha value is -7.21. The van der Waals surface area contributed by atoms with Crippen molar-refractivity contribution in [3.8, 4) is 45.3 Å². The Labute approximate surface area is 400 Å². The lowest BCUT2D eigenvalue weighted by Crippen LogP contribution is -2.38. The van der Waals surface area contributed by atoms with E-state index in [4.69, 9.17) is 18.3 Å². The molecule has 0 spiro atoms. The standard InChI is InChI=1S/C30H31NO4.C28H26FNO4/c1-21-8-10-23(11-9-21)29-27(26-13-12-24(32)20-28(26)35-30(29)33)19-22-6-5-7-25(18-22)34-17-16-31-14-3-2-4-15-31;1-30-14-2-3-23(17-30)33-22-11-4-18(5-12-22)15-25-24-13-10-21(31)16-26(24)34-28(32)27(25)19-6-8-20(29)9-7-19/h5-13,18,20,32H,2-4,14-17,19H2,1H3;4-13,16,23,31H,2-3,14-15,17H2,1H3. The van der Waals surface area contributed by atoms with Gasteiger partial charge in [0, 0.05) is 36.0 Å². The predicted octanol–water partition coefficient (Wildman–Crippen LogP) is 11.3. The maximum Gasteiger partial charge on any atom is 0.344 e. The molecule has 10 rings (SSSR count). The van der Waals surface area contributed by atoms with Gasteiger partial charge in [-0.05, 0) is 166 Å². The molecule has 0 bridgehead atoms. The number of phenolic OH excluding ortho intramolecular Hbond substituents is 2. The molecule has 2 saturated heterocycles. The van der Waals surface area contributed by atoms with Gasteiger partial charge in [-0.2, -0.15) is 0 Å². The van der Waals surface area contributed by atoms with E-state index in [1.807, 2.05) is 73.7 Å². The van der Waals surface area contributed by atoms with Crippen LogP contribution >= 0.6 is 0 Å². The van der Waals surface area contributed by atoms with Gasteiger partial charge in [0.15, 0.2) is 0 Å². The normalized spacial score (nSPS) is 15.4. The Morgan fingerprint density at radius 2 is 1.23 bits per heavy atom. The molecule has 2 N–H and O–H groups in total. The molecule has 6 aromatic carbocycles. The van der Waals surface area contributed by atoms with Gasteiger partial charge in [-0.25, -0.2) is 14.0 Å². The molecule has 2 fully saturated rings. The van der Waals surface area contributed by atoms with Gasteiger partial charge in [-0.3, -0.25) is 4.90 Å². The molecule has 1 unspecified atom stereocenters. The summed E-state index contributed by atoms with van der Waals surface area (Å²) in [7, 11) is 2.11. The van der Waals surface area contributed by atoms with Gasteiger partial charge < -0.3 is 33.4 Å². The highest BCUT2D eigenvalue weighted by atomic mass is 19.1. The summed E-state index contributed by atoms with van der Waals surface area (Å²) in [5.41, 5.74) is 6.93. The lowest BCUT2D eigenvalue weighted by Gasteiger charge is -2.30. The minimum absolute atomic E-state index is 0.0194. The van der Waals surface area contributed by atoms with Gasteiger partial charge >= 0.3 is 11.3 Å². The van der Waals surface area contributed by atoms with E-state index in [1.165, 1.54) is 43.5 Å². The van der Waals surface area contributed by atoms with E-state index in [0.29, 0.717) is 47.3 Å². The number of piperidine rings is 2. The molecule has 8 aromatic rings. The van der Waals surface area contributed by atoms with Crippen molar-refractivity contribution in [2.45, 2.75) is 58.0 Å². The van der Waals surface area contributed by atoms with Crippen LogP contribution in [-0.4, -0.2) is 72.5 Å². The summed E-state index contributed by atoms with van der Waals surface area (Å²) in [4.78, 5) is 30.8. The van der Waals surface area contributed by atoms with Gasteiger partial charge in [-0.1, -0.05) is 72.6 Å². The van der Waals surface area contributed by atoms with Gasteiger partial charge in [0.2, 0.25) is 0 Å². The van der Waals surface area contributed by atoms with Crippen molar-refractivity contribution in [1.29, 1.82) is 0 Å². The SMILES string of the molecule is CN1CCCC(Oc2ccc(Cc3c(-c4ccc(F)cc4)c(=O)oc4cc(O)ccc34)cc2)C1.Cc1ccc(-c2c(Cc3cccc(OCCN4CCCCC4)c3)c3ccc(O)cc3oc2=O)cc1. The number of fused-ring (bicyclic) bond motifs is 2. The molecule has 0 saturated carbocycles. The average molecular weight is 929 g/mol. The summed E-state index contributed by atoms with van der Waals surface area (Å²) >= 11 is 0. The molecule has 2 aliphatic rings. The molecule has 2 aromatic heterocycles. The molecule has 0 aliphatic carbocycles. The second-order valence-corrected chi connectivity index (χ2v) is 18.3. The molecule has 1 atom stereocenters. The van der Waals surface area contributed by atoms with Crippen molar-refractivity contribution in [1.82, 2.24) is 9.80 Å². The van der Waals surface area contributed by atoms with Crippen LogP contribution in [0.2, 0.25) is 0 Å². The Balaban J connectivity index is 0.000000172. The van der Waals surface area contributed by atoms with E-state index in [-0.39, 0.29) is 23.4 Å². The fraction of sp³-hybridized carbons (Fsp3) is 0.276. The smallest absolute Gasteiger partial charge is 0.344 e. The number of aryl methyl sites for hydroxylation is 1. The van der Waals surface area contributed by atoms with Crippen LogP contribution < -0.4 is 20.7 Å². The first-order valence-corrected chi connectivity index (χ1v) is 23.8. The van der Waals surface area contributed by atoms with Crippen LogP contribution in [0.3, 0.4) is 0 Å². The fourth-order valence-corrected chi connectivity index (χ4v) is 9.52. The summed E-state index contributed by atoms with van der Waals surface area (Å²) in [6, 6.07) is 39.4. The number of likely N-dealkylation sites (tertiary alicyclic amines) is 2. The van der Waals surface area contributed by atoms with Crippen molar-refractivity contribution in [3.05, 3.63) is 188 Å². The molecule has 4 heterocycles. The largest absolute Gasteiger partial charge is 0.508 e. The van der Waals surface area contributed by atoms with E-state index in [1.54, 1.807) is 30.3 Å². The van der Waals surface area contributed by atoms with Crippen LogP contribution in [0, 0.1) is 12.7 Å². The Kier molecular flexibility index (Phi) is 14.5. The van der Waals surface area contributed by atoms with Crippen molar-refractivity contribution in [2.24, 2.45) is 0 Å². The highest BCUT2D eigenvalue weighted by molar-refractivity contribution is 5.89. The van der Waals surface area contributed by atoms with Crippen LogP contribution in [0.1, 0.15) is 59.9 Å². The molecule has 0 radical (unpaired) electrons. The Morgan fingerprint density at radius 3 is 1.84 bits per heavy atom. The minimum Gasteiger partial charge on any atom is -0.508 e. The number of halogens is 1. The second-order valence-electron chi connectivity index (χ2n) is 18.3. The van der Waals surface area contributed by atoms with E-state index in [2.05, 4.69) is 29.0 Å². The number of aromatic hydroxyl groups is 2. The number of phenols is 2. The molecule has 11 heteroatoms. The number of nitrogens with zero attached hydrogens (tertiary/aromatic N) is 2. The summed E-state index contributed by atoms with van der Waals surface area (Å²) in [5, 5.41) is 21.4. The molecule has 354 valence electrons. The zero-order chi connectivity index (χ0) is 47.9. The van der Waals surface area contributed by atoms with E-state index in [9.17, 15) is 24.2 Å². The minimum atomic E-state index is -0.527. The lowest BCUT2D eigenvalue weighted by atomic mass is 9.93. The van der Waals surface area contributed by atoms with Crippen LogP contribution in [0.15, 0.2) is 152 Å². The maximum absolute atomic E-state index is 13.5. The third-order valence-corrected chi connectivity index (χ3v) is 13.1. The highest BCUT2D eigenvalue weighted by Crippen LogP contribution is 2.34. The van der Waals surface area contributed by atoms with Crippen molar-refractivity contribution in [2.75, 3.05) is 46.4 Å². The summed E-state index contributed by atoms with van der Waals surface area (Å²) in [5.74, 6) is 1.37. The zero-order valence-electron chi connectivity index (χ0n) is 39.1. The van der Waals surface area contributed by atoms with E-state index >= 15 is 0 Å². The number of hydrogen-bond acceptors (Lipinski definition) is 10. The quantitative estimate of drug-likeness (QED) is 0.114. The third-order valence-electron chi connectivity index (χ3n) is 13.1. The average Bonchev–Trinajstić information content (AvgIpc) is 3.33. The van der Waals surface area contributed by atoms with Crippen LogP contribution in [-0.2, 0) is 12.8 Å². The first-order valence-electron chi connectivity index (χ1n) is 23.8. The Morgan fingerprint density at radius 1 is 0.638 bits per heavy atom. The van der Waals surface area contributed by atoms with Gasteiger partial charge in [0.1, 0.15) is 52.7 Å². The molecular formula is C58H57FN2O8. The maximum atomic E-state index is 13.5. The topological polar surface area (TPSA) is 126 Å². The number of benzene rings is 6. The number of hydrogen-bond donors (Lipinski definition) is 2. The van der Waals surface area contributed by atoms with Crippen molar-refractivity contribution in [3.63, 3.8) is 0 Å². The molecule has 2 aliphatic heterocycles. The summed E-state index contributed by atoms with van der Waals surface area (Å²) in [6.07, 6.45) is 7.24. The Bertz CT molecular complexity index is 3160. The van der Waals surface area contributed by atoms with Gasteiger partial charge in [0.25, 0.3) is 0 Å². The molecule has 0 amide bonds. The predicted molar refractivity (Wildman–Crippen MR) is 269 cm³/mol. The van der Waals surface area contributed by atoms with Crippen molar-refractivity contribution >= 4 is 21.9 Å². The monoisotopic (exact) mass is 928 g/mol. The van der Waals surface area contributed by atoms with Crippen LogP contribution in [0.4, 0.5) is 4.39 Å². The number of rotatable bonds is 12. The summed E-state index contributed by atoms with van der Waals surface area (Å²) < 4.78 is 36.9. The van der Waals surface area contributed by atoms with Crippen LogP contribution in [0.5, 0.6) is 23.0 Å². The molecular weight excluding hydrogens is 872 g/mol. The van der Waals surface area contributed by atoms with E-state index in [0.717, 1.165) is 101 Å². The lowest BCUT2D eigenvalue weighted by molar-refractivity contribution is 0.104. The number of ether oxygens (including phenoxy) is 2. The second kappa shape index (κ2) is 21.4. The van der Waals surface area contributed by atoms with Gasteiger partial charge in [0.05, 0.1) is 11.1 Å². The molecule has 69 heavy (non-hydrogen) atoms. The fourth-order valence-electron chi connectivity index (χ4n) is 9.52. The van der Waals surface area contributed by atoms with Crippen molar-refractivity contribution < 1.29 is 32.9 Å². The first-order chi connectivity index (χ1) is 33.5. The van der Waals surface area contributed by atoms with E-state index < -0.39 is 11.3 Å². The zero-order valence-corrected chi connectivity index (χ0v) is 39.1. The third kappa shape index (κ3) is 11.6.